The zero-order valence-corrected chi connectivity index (χ0v) is 8.22. The molecule has 1 aromatic carbocycles. The Morgan fingerprint density at radius 1 is 1.23 bits per heavy atom. The SMILES string of the molecule is CC1(N)CCCc2ccccc2C1. The van der Waals surface area contributed by atoms with Gasteiger partial charge in [-0.2, -0.15) is 0 Å². The summed E-state index contributed by atoms with van der Waals surface area (Å²) in [5.41, 5.74) is 9.15. The molecule has 0 radical (unpaired) electrons. The molecule has 1 aliphatic rings. The fourth-order valence-corrected chi connectivity index (χ4v) is 2.18. The van der Waals surface area contributed by atoms with E-state index in [1.165, 1.54) is 24.0 Å². The first-order valence-electron chi connectivity index (χ1n) is 5.03. The molecule has 0 amide bonds. The Bertz CT molecular complexity index is 302. The number of aryl methyl sites for hydroxylation is 1. The van der Waals surface area contributed by atoms with Crippen LogP contribution in [0.3, 0.4) is 0 Å². The van der Waals surface area contributed by atoms with Gasteiger partial charge in [0.1, 0.15) is 0 Å². The van der Waals surface area contributed by atoms with Crippen LogP contribution in [-0.4, -0.2) is 5.54 Å². The molecule has 0 aromatic heterocycles. The summed E-state index contributed by atoms with van der Waals surface area (Å²) in [6.45, 7) is 2.16. The Kier molecular flexibility index (Phi) is 2.12. The van der Waals surface area contributed by atoms with Gasteiger partial charge in [-0.25, -0.2) is 0 Å². The molecular formula is C12H17N. The number of fused-ring (bicyclic) bond motifs is 1. The minimum Gasteiger partial charge on any atom is -0.325 e. The van der Waals surface area contributed by atoms with Crippen molar-refractivity contribution in [3.63, 3.8) is 0 Å². The summed E-state index contributed by atoms with van der Waals surface area (Å²) in [6.07, 6.45) is 4.60. The van der Waals surface area contributed by atoms with Crippen LogP contribution in [-0.2, 0) is 12.8 Å². The average Bonchev–Trinajstić information content (AvgIpc) is 2.21. The van der Waals surface area contributed by atoms with E-state index in [1.54, 1.807) is 0 Å². The van der Waals surface area contributed by atoms with Crippen molar-refractivity contribution in [3.05, 3.63) is 35.4 Å². The van der Waals surface area contributed by atoms with Gasteiger partial charge in [-0.1, -0.05) is 24.3 Å². The molecule has 1 aliphatic carbocycles. The van der Waals surface area contributed by atoms with E-state index in [1.807, 2.05) is 0 Å². The quantitative estimate of drug-likeness (QED) is 0.601. The number of nitrogens with two attached hydrogens (primary N) is 1. The maximum atomic E-state index is 6.19. The van der Waals surface area contributed by atoms with Crippen LogP contribution < -0.4 is 5.73 Å². The third-order valence-corrected chi connectivity index (χ3v) is 2.91. The monoisotopic (exact) mass is 175 g/mol. The molecule has 0 saturated heterocycles. The summed E-state index contributed by atoms with van der Waals surface area (Å²) < 4.78 is 0. The van der Waals surface area contributed by atoms with Crippen molar-refractivity contribution in [1.29, 1.82) is 0 Å². The van der Waals surface area contributed by atoms with Crippen molar-refractivity contribution >= 4 is 0 Å². The van der Waals surface area contributed by atoms with E-state index >= 15 is 0 Å². The minimum atomic E-state index is 0.00655. The molecule has 0 heterocycles. The van der Waals surface area contributed by atoms with Gasteiger partial charge >= 0.3 is 0 Å². The molecule has 1 nitrogen and oxygen atoms in total. The van der Waals surface area contributed by atoms with E-state index in [-0.39, 0.29) is 5.54 Å². The van der Waals surface area contributed by atoms with Gasteiger partial charge in [0, 0.05) is 5.54 Å². The Labute approximate surface area is 80.0 Å². The van der Waals surface area contributed by atoms with Gasteiger partial charge in [0.25, 0.3) is 0 Å². The van der Waals surface area contributed by atoms with Crippen LogP contribution in [0.25, 0.3) is 0 Å². The van der Waals surface area contributed by atoms with Gasteiger partial charge in [0.15, 0.2) is 0 Å². The average molecular weight is 175 g/mol. The Morgan fingerprint density at radius 2 is 1.92 bits per heavy atom. The summed E-state index contributed by atoms with van der Waals surface area (Å²) in [5, 5.41) is 0. The van der Waals surface area contributed by atoms with E-state index in [0.717, 1.165) is 12.8 Å². The van der Waals surface area contributed by atoms with Gasteiger partial charge in [-0.15, -0.1) is 0 Å². The lowest BCUT2D eigenvalue weighted by molar-refractivity contribution is 0.428. The fourth-order valence-electron chi connectivity index (χ4n) is 2.18. The fraction of sp³-hybridized carbons (Fsp3) is 0.500. The summed E-state index contributed by atoms with van der Waals surface area (Å²) in [6, 6.07) is 8.68. The van der Waals surface area contributed by atoms with Crippen molar-refractivity contribution in [1.82, 2.24) is 0 Å². The van der Waals surface area contributed by atoms with Gasteiger partial charge in [-0.05, 0) is 43.7 Å². The molecule has 70 valence electrons. The first kappa shape index (κ1) is 8.76. The number of hydrogen-bond donors (Lipinski definition) is 1. The highest BCUT2D eigenvalue weighted by Gasteiger charge is 2.22. The molecule has 1 atom stereocenters. The highest BCUT2D eigenvalue weighted by atomic mass is 14.7. The van der Waals surface area contributed by atoms with Gasteiger partial charge in [0.05, 0.1) is 0 Å². The van der Waals surface area contributed by atoms with Gasteiger partial charge in [0.2, 0.25) is 0 Å². The van der Waals surface area contributed by atoms with E-state index in [9.17, 15) is 0 Å². The molecule has 13 heavy (non-hydrogen) atoms. The lowest BCUT2D eigenvalue weighted by atomic mass is 9.92. The molecule has 0 bridgehead atoms. The lowest BCUT2D eigenvalue weighted by Crippen LogP contribution is -2.37. The van der Waals surface area contributed by atoms with E-state index in [4.69, 9.17) is 5.73 Å². The first-order valence-corrected chi connectivity index (χ1v) is 5.03. The molecule has 2 rings (SSSR count). The molecule has 1 aromatic rings. The van der Waals surface area contributed by atoms with Crippen LogP contribution >= 0.6 is 0 Å². The first-order chi connectivity index (χ1) is 6.17. The third-order valence-electron chi connectivity index (χ3n) is 2.91. The highest BCUT2D eigenvalue weighted by molar-refractivity contribution is 5.30. The molecule has 1 unspecified atom stereocenters. The Balaban J connectivity index is 2.34. The summed E-state index contributed by atoms with van der Waals surface area (Å²) in [5.74, 6) is 0. The second-order valence-electron chi connectivity index (χ2n) is 4.45. The molecule has 0 spiro atoms. The molecular weight excluding hydrogens is 158 g/mol. The zero-order valence-electron chi connectivity index (χ0n) is 8.22. The number of benzene rings is 1. The van der Waals surface area contributed by atoms with Crippen molar-refractivity contribution in [3.8, 4) is 0 Å². The maximum Gasteiger partial charge on any atom is 0.0166 e. The second kappa shape index (κ2) is 3.15. The molecule has 2 N–H and O–H groups in total. The zero-order chi connectivity index (χ0) is 9.31. The largest absolute Gasteiger partial charge is 0.325 e. The minimum absolute atomic E-state index is 0.00655. The Hall–Kier alpha value is -0.820. The van der Waals surface area contributed by atoms with E-state index in [2.05, 4.69) is 31.2 Å². The van der Waals surface area contributed by atoms with Crippen LogP contribution in [0.4, 0.5) is 0 Å². The standard InChI is InChI=1S/C12H17N/c1-12(13)8-4-7-10-5-2-3-6-11(10)9-12/h2-3,5-6H,4,7-9,13H2,1H3. The molecule has 1 heteroatoms. The summed E-state index contributed by atoms with van der Waals surface area (Å²) >= 11 is 0. The number of rotatable bonds is 0. The third kappa shape index (κ3) is 1.92. The normalized spacial score (nSPS) is 27.8. The predicted octanol–water partition coefficient (Wildman–Crippen LogP) is 2.28. The predicted molar refractivity (Wildman–Crippen MR) is 55.7 cm³/mol. The smallest absolute Gasteiger partial charge is 0.0166 e. The Morgan fingerprint density at radius 3 is 2.69 bits per heavy atom. The van der Waals surface area contributed by atoms with Crippen LogP contribution in [0.5, 0.6) is 0 Å². The molecule has 0 aliphatic heterocycles. The van der Waals surface area contributed by atoms with Gasteiger partial charge < -0.3 is 5.73 Å². The topological polar surface area (TPSA) is 26.0 Å². The molecule has 0 fully saturated rings. The summed E-state index contributed by atoms with van der Waals surface area (Å²) in [7, 11) is 0. The maximum absolute atomic E-state index is 6.19. The molecule has 0 saturated carbocycles. The van der Waals surface area contributed by atoms with Crippen LogP contribution in [0, 0.1) is 0 Å². The van der Waals surface area contributed by atoms with Crippen molar-refractivity contribution < 1.29 is 0 Å². The number of hydrogen-bond acceptors (Lipinski definition) is 1. The summed E-state index contributed by atoms with van der Waals surface area (Å²) in [4.78, 5) is 0. The second-order valence-corrected chi connectivity index (χ2v) is 4.45. The van der Waals surface area contributed by atoms with Gasteiger partial charge in [-0.3, -0.25) is 0 Å². The highest BCUT2D eigenvalue weighted by Crippen LogP contribution is 2.25. The van der Waals surface area contributed by atoms with E-state index < -0.39 is 0 Å². The lowest BCUT2D eigenvalue weighted by Gasteiger charge is -2.22. The van der Waals surface area contributed by atoms with Crippen molar-refractivity contribution in [2.75, 3.05) is 0 Å². The van der Waals surface area contributed by atoms with Crippen LogP contribution in [0.1, 0.15) is 30.9 Å². The van der Waals surface area contributed by atoms with Crippen LogP contribution in [0.15, 0.2) is 24.3 Å². The van der Waals surface area contributed by atoms with Crippen molar-refractivity contribution in [2.45, 2.75) is 38.1 Å². The van der Waals surface area contributed by atoms with E-state index in [0.29, 0.717) is 0 Å². The van der Waals surface area contributed by atoms with Crippen molar-refractivity contribution in [2.24, 2.45) is 5.73 Å². The van der Waals surface area contributed by atoms with Crippen LogP contribution in [0.2, 0.25) is 0 Å².